The number of anilines is 2. The van der Waals surface area contributed by atoms with E-state index in [1.165, 1.54) is 18.2 Å². The molecule has 0 aromatic heterocycles. The first-order valence-corrected chi connectivity index (χ1v) is 10.3. The first-order valence-electron chi connectivity index (χ1n) is 6.49. The molecule has 0 fully saturated rings. The lowest BCUT2D eigenvalue weighted by Gasteiger charge is -2.08. The number of unbranched alkanes of at least 4 members (excludes halogenated alkanes) is 1. The molecule has 0 aliphatic heterocycles. The van der Waals surface area contributed by atoms with Gasteiger partial charge in [-0.15, -0.1) is 11.6 Å². The van der Waals surface area contributed by atoms with Crippen molar-refractivity contribution in [2.24, 2.45) is 0 Å². The molecule has 0 aliphatic carbocycles. The maximum absolute atomic E-state index is 11.9. The van der Waals surface area contributed by atoms with Crippen molar-refractivity contribution in [3.63, 3.8) is 0 Å². The fourth-order valence-electron chi connectivity index (χ4n) is 1.67. The molecule has 0 unspecified atom stereocenters. The van der Waals surface area contributed by atoms with Crippen molar-refractivity contribution in [1.29, 1.82) is 0 Å². The molecule has 0 heterocycles. The third kappa shape index (κ3) is 5.99. The van der Waals surface area contributed by atoms with E-state index in [-0.39, 0.29) is 41.0 Å². The molecule has 0 saturated heterocycles. The molecule has 126 valence electrons. The van der Waals surface area contributed by atoms with Gasteiger partial charge in [-0.3, -0.25) is 4.18 Å². The zero-order chi connectivity index (χ0) is 16.8. The molecule has 0 amide bonds. The SMILES string of the molecule is Nc1ccc(S(=O)(=O)OCCCCS(=O)(=O)CCCl)c(N)c1. The highest BCUT2D eigenvalue weighted by molar-refractivity contribution is 7.91. The lowest BCUT2D eigenvalue weighted by atomic mass is 10.3. The predicted octanol–water partition coefficient (Wildman–Crippen LogP) is 0.990. The van der Waals surface area contributed by atoms with Crippen LogP contribution in [0.1, 0.15) is 12.8 Å². The van der Waals surface area contributed by atoms with Gasteiger partial charge in [0.2, 0.25) is 0 Å². The van der Waals surface area contributed by atoms with Crippen LogP contribution in [0.2, 0.25) is 0 Å². The van der Waals surface area contributed by atoms with E-state index in [1.807, 2.05) is 0 Å². The number of benzene rings is 1. The molecular formula is C12H19ClN2O5S2. The number of hydrogen-bond donors (Lipinski definition) is 2. The highest BCUT2D eigenvalue weighted by Gasteiger charge is 2.18. The Hall–Kier alpha value is -1.03. The minimum Gasteiger partial charge on any atom is -0.399 e. The highest BCUT2D eigenvalue weighted by Crippen LogP contribution is 2.22. The van der Waals surface area contributed by atoms with Gasteiger partial charge in [0.25, 0.3) is 10.1 Å². The molecule has 0 spiro atoms. The minimum atomic E-state index is -3.98. The number of nitrogens with two attached hydrogens (primary N) is 2. The summed E-state index contributed by atoms with van der Waals surface area (Å²) in [5, 5.41) is 0. The van der Waals surface area contributed by atoms with Crippen LogP contribution in [0.15, 0.2) is 23.1 Å². The molecule has 22 heavy (non-hydrogen) atoms. The average molecular weight is 371 g/mol. The lowest BCUT2D eigenvalue weighted by molar-refractivity contribution is 0.311. The molecule has 10 heteroatoms. The van der Waals surface area contributed by atoms with Crippen LogP contribution < -0.4 is 11.5 Å². The minimum absolute atomic E-state index is 0.00434. The summed E-state index contributed by atoms with van der Waals surface area (Å²) in [6.45, 7) is -0.122. The normalized spacial score (nSPS) is 12.4. The van der Waals surface area contributed by atoms with Crippen LogP contribution in [0.5, 0.6) is 0 Å². The summed E-state index contributed by atoms with van der Waals surface area (Å²) in [6, 6.07) is 4.01. The largest absolute Gasteiger partial charge is 0.399 e. The molecule has 7 nitrogen and oxygen atoms in total. The van der Waals surface area contributed by atoms with E-state index in [0.717, 1.165) is 0 Å². The highest BCUT2D eigenvalue weighted by atomic mass is 35.5. The maximum atomic E-state index is 11.9. The van der Waals surface area contributed by atoms with E-state index < -0.39 is 20.0 Å². The Kier molecular flexibility index (Phi) is 6.92. The molecule has 1 aromatic carbocycles. The first-order chi connectivity index (χ1) is 10.2. The van der Waals surface area contributed by atoms with Crippen LogP contribution in [0.3, 0.4) is 0 Å². The molecule has 4 N–H and O–H groups in total. The van der Waals surface area contributed by atoms with Crippen LogP contribution in [0.4, 0.5) is 11.4 Å². The molecule has 1 aromatic rings. The molecule has 0 radical (unpaired) electrons. The topological polar surface area (TPSA) is 130 Å². The molecule has 0 aliphatic rings. The standard InChI is InChI=1S/C12H19ClN2O5S2/c13-5-8-21(16,17)7-2-1-6-20-22(18,19)12-4-3-10(14)9-11(12)15/h3-4,9H,1-2,5-8,14-15H2. The van der Waals surface area contributed by atoms with Crippen molar-refractivity contribution in [1.82, 2.24) is 0 Å². The lowest BCUT2D eigenvalue weighted by Crippen LogP contribution is -2.14. The number of nitrogen functional groups attached to an aromatic ring is 2. The fraction of sp³-hybridized carbons (Fsp3) is 0.500. The van der Waals surface area contributed by atoms with Crippen molar-refractivity contribution in [2.75, 3.05) is 35.5 Å². The quantitative estimate of drug-likeness (QED) is 0.287. The maximum Gasteiger partial charge on any atom is 0.299 e. The van der Waals surface area contributed by atoms with Gasteiger partial charge >= 0.3 is 0 Å². The summed E-state index contributed by atoms with van der Waals surface area (Å²) in [5.41, 5.74) is 11.4. The number of halogens is 1. The Labute approximate surface area is 135 Å². The summed E-state index contributed by atoms with van der Waals surface area (Å²) in [4.78, 5) is -0.156. The van der Waals surface area contributed by atoms with E-state index in [4.69, 9.17) is 27.3 Å². The van der Waals surface area contributed by atoms with Crippen LogP contribution in [-0.2, 0) is 24.1 Å². The Morgan fingerprint density at radius 2 is 1.73 bits per heavy atom. The Morgan fingerprint density at radius 1 is 1.05 bits per heavy atom. The second-order valence-electron chi connectivity index (χ2n) is 4.62. The zero-order valence-corrected chi connectivity index (χ0v) is 14.3. The summed E-state index contributed by atoms with van der Waals surface area (Å²) in [5.74, 6) is -0.0908. The Balaban J connectivity index is 2.50. The van der Waals surface area contributed by atoms with Crippen molar-refractivity contribution in [3.8, 4) is 0 Å². The molecular weight excluding hydrogens is 352 g/mol. The summed E-state index contributed by atoms with van der Waals surface area (Å²) in [6.07, 6.45) is 0.585. The van der Waals surface area contributed by atoms with Gasteiger partial charge in [0.05, 0.1) is 23.8 Å². The van der Waals surface area contributed by atoms with Crippen molar-refractivity contribution >= 4 is 42.9 Å². The molecule has 0 atom stereocenters. The van der Waals surface area contributed by atoms with Crippen LogP contribution in [0.25, 0.3) is 0 Å². The third-order valence-electron chi connectivity index (χ3n) is 2.78. The van der Waals surface area contributed by atoms with E-state index >= 15 is 0 Å². The Bertz CT molecular complexity index is 704. The fourth-order valence-corrected chi connectivity index (χ4v) is 4.51. The van der Waals surface area contributed by atoms with Gasteiger partial charge in [-0.1, -0.05) is 0 Å². The van der Waals surface area contributed by atoms with Crippen molar-refractivity contribution < 1.29 is 21.0 Å². The number of hydrogen-bond acceptors (Lipinski definition) is 7. The van der Waals surface area contributed by atoms with E-state index in [2.05, 4.69) is 0 Å². The number of alkyl halides is 1. The smallest absolute Gasteiger partial charge is 0.299 e. The molecule has 0 saturated carbocycles. The van der Waals surface area contributed by atoms with E-state index in [0.29, 0.717) is 12.1 Å². The number of sulfone groups is 1. The summed E-state index contributed by atoms with van der Waals surface area (Å²) >= 11 is 5.38. The summed E-state index contributed by atoms with van der Waals surface area (Å²) in [7, 11) is -7.17. The summed E-state index contributed by atoms with van der Waals surface area (Å²) < 4.78 is 51.6. The van der Waals surface area contributed by atoms with Gasteiger partial charge in [-0.05, 0) is 31.0 Å². The van der Waals surface area contributed by atoms with Crippen molar-refractivity contribution in [2.45, 2.75) is 17.7 Å². The molecule has 1 rings (SSSR count). The predicted molar refractivity (Wildman–Crippen MR) is 87.0 cm³/mol. The van der Waals surface area contributed by atoms with Gasteiger partial charge < -0.3 is 11.5 Å². The second kappa shape index (κ2) is 8.00. The van der Waals surface area contributed by atoms with Crippen LogP contribution in [-0.4, -0.2) is 40.8 Å². The first kappa shape index (κ1) is 19.0. The second-order valence-corrected chi connectivity index (χ2v) is 8.89. The zero-order valence-electron chi connectivity index (χ0n) is 11.9. The van der Waals surface area contributed by atoms with E-state index in [9.17, 15) is 16.8 Å². The van der Waals surface area contributed by atoms with Gasteiger partial charge in [0.15, 0.2) is 9.84 Å². The number of rotatable bonds is 9. The van der Waals surface area contributed by atoms with Gasteiger partial charge in [-0.2, -0.15) is 8.42 Å². The molecule has 0 bridgehead atoms. The Morgan fingerprint density at radius 3 is 2.32 bits per heavy atom. The van der Waals surface area contributed by atoms with Gasteiger partial charge in [-0.25, -0.2) is 8.42 Å². The third-order valence-corrected chi connectivity index (χ3v) is 6.32. The average Bonchev–Trinajstić information content (AvgIpc) is 2.37. The van der Waals surface area contributed by atoms with Crippen LogP contribution >= 0.6 is 11.6 Å². The van der Waals surface area contributed by atoms with Gasteiger partial charge in [0, 0.05) is 11.6 Å². The van der Waals surface area contributed by atoms with Crippen LogP contribution in [0, 0.1) is 0 Å². The monoisotopic (exact) mass is 370 g/mol. The van der Waals surface area contributed by atoms with Gasteiger partial charge in [0.1, 0.15) is 4.90 Å². The van der Waals surface area contributed by atoms with E-state index in [1.54, 1.807) is 0 Å². The van der Waals surface area contributed by atoms with Crippen molar-refractivity contribution in [3.05, 3.63) is 18.2 Å².